The Hall–Kier alpha value is -2.41. The van der Waals surface area contributed by atoms with E-state index in [1.165, 1.54) is 13.3 Å². The van der Waals surface area contributed by atoms with Gasteiger partial charge in [-0.1, -0.05) is 31.4 Å². The first-order valence-corrected chi connectivity index (χ1v) is 9.87. The third-order valence-electron chi connectivity index (χ3n) is 5.80. The minimum Gasteiger partial charge on any atom is -0.491 e. The van der Waals surface area contributed by atoms with Crippen molar-refractivity contribution in [1.29, 1.82) is 0 Å². The standard InChI is InChI=1S/C21H28N2O5/c1-14(24)15-7-6-10-18(11-15)28-13-17(25)12-23-19(26)21(2,22-20(23)27)16-8-4-3-5-9-16/h6-7,10-11,16-17,25H,3-5,8-9,12-13H2,1-2H3,(H,22,27)/t17-,21-/m0/s1. The Morgan fingerprint density at radius 1 is 1.32 bits per heavy atom. The molecule has 1 heterocycles. The van der Waals surface area contributed by atoms with Gasteiger partial charge in [-0.05, 0) is 44.7 Å². The molecule has 3 rings (SSSR count). The Bertz CT molecular complexity index is 759. The van der Waals surface area contributed by atoms with Crippen molar-refractivity contribution in [1.82, 2.24) is 10.2 Å². The predicted octanol–water partition coefficient (Wildman–Crippen LogP) is 2.52. The van der Waals surface area contributed by atoms with Gasteiger partial charge in [-0.3, -0.25) is 14.5 Å². The van der Waals surface area contributed by atoms with Crippen LogP contribution in [0.3, 0.4) is 0 Å². The fraction of sp³-hybridized carbons (Fsp3) is 0.571. The molecule has 28 heavy (non-hydrogen) atoms. The molecule has 0 spiro atoms. The monoisotopic (exact) mass is 388 g/mol. The van der Waals surface area contributed by atoms with Crippen LogP contribution in [0.25, 0.3) is 0 Å². The number of hydrogen-bond donors (Lipinski definition) is 2. The largest absolute Gasteiger partial charge is 0.491 e. The maximum absolute atomic E-state index is 12.9. The average Bonchev–Trinajstić information content (AvgIpc) is 2.91. The number of aliphatic hydroxyl groups excluding tert-OH is 1. The lowest BCUT2D eigenvalue weighted by atomic mass is 9.75. The first kappa shape index (κ1) is 20.3. The molecule has 1 aliphatic carbocycles. The van der Waals surface area contributed by atoms with Crippen LogP contribution in [0.4, 0.5) is 4.79 Å². The normalized spacial score (nSPS) is 24.2. The molecule has 0 unspecified atom stereocenters. The smallest absolute Gasteiger partial charge is 0.325 e. The van der Waals surface area contributed by atoms with E-state index >= 15 is 0 Å². The lowest BCUT2D eigenvalue weighted by Gasteiger charge is -2.34. The zero-order valence-corrected chi connectivity index (χ0v) is 16.4. The Morgan fingerprint density at radius 2 is 2.04 bits per heavy atom. The number of nitrogens with zero attached hydrogens (tertiary/aromatic N) is 1. The summed E-state index contributed by atoms with van der Waals surface area (Å²) in [6.07, 6.45) is 4.13. The van der Waals surface area contributed by atoms with Gasteiger partial charge in [-0.15, -0.1) is 0 Å². The van der Waals surface area contributed by atoms with Crippen molar-refractivity contribution in [3.8, 4) is 5.75 Å². The van der Waals surface area contributed by atoms with Crippen molar-refractivity contribution in [2.24, 2.45) is 5.92 Å². The Balaban J connectivity index is 1.58. The van der Waals surface area contributed by atoms with Gasteiger partial charge in [-0.2, -0.15) is 0 Å². The number of urea groups is 1. The molecule has 7 heteroatoms. The first-order valence-electron chi connectivity index (χ1n) is 9.87. The van der Waals surface area contributed by atoms with E-state index in [0.29, 0.717) is 11.3 Å². The number of β-amino-alcohol motifs (C(OH)–C–C–N with tert-alkyl or cyclic N) is 1. The molecule has 2 N–H and O–H groups in total. The Kier molecular flexibility index (Phi) is 6.03. The summed E-state index contributed by atoms with van der Waals surface area (Å²) in [5.74, 6) is 0.232. The number of aliphatic hydroxyl groups is 1. The SMILES string of the molecule is CC(=O)c1cccc(OC[C@@H](O)CN2C(=O)N[C@@](C)(C3CCCCC3)C2=O)c1. The van der Waals surface area contributed by atoms with Gasteiger partial charge >= 0.3 is 6.03 Å². The highest BCUT2D eigenvalue weighted by molar-refractivity contribution is 6.07. The van der Waals surface area contributed by atoms with Gasteiger partial charge in [-0.25, -0.2) is 4.79 Å². The number of rotatable bonds is 7. The van der Waals surface area contributed by atoms with E-state index in [0.717, 1.165) is 30.6 Å². The molecule has 1 saturated heterocycles. The van der Waals surface area contributed by atoms with Crippen LogP contribution in [0.15, 0.2) is 24.3 Å². The summed E-state index contributed by atoms with van der Waals surface area (Å²) < 4.78 is 5.54. The highest BCUT2D eigenvalue weighted by atomic mass is 16.5. The molecule has 2 fully saturated rings. The van der Waals surface area contributed by atoms with E-state index in [1.807, 2.05) is 0 Å². The number of amides is 3. The van der Waals surface area contributed by atoms with Crippen LogP contribution in [0, 0.1) is 5.92 Å². The van der Waals surface area contributed by atoms with Gasteiger partial charge in [0.2, 0.25) is 0 Å². The summed E-state index contributed by atoms with van der Waals surface area (Å²) in [6, 6.07) is 6.21. The molecule has 1 aromatic carbocycles. The minimum absolute atomic E-state index is 0.0765. The third kappa shape index (κ3) is 4.19. The lowest BCUT2D eigenvalue weighted by Crippen LogP contribution is -2.51. The van der Waals surface area contributed by atoms with Crippen LogP contribution < -0.4 is 10.1 Å². The van der Waals surface area contributed by atoms with Gasteiger partial charge < -0.3 is 15.2 Å². The minimum atomic E-state index is -1.02. The van der Waals surface area contributed by atoms with E-state index in [2.05, 4.69) is 5.32 Å². The van der Waals surface area contributed by atoms with Crippen LogP contribution in [-0.4, -0.2) is 52.5 Å². The number of ether oxygens (including phenoxy) is 1. The quantitative estimate of drug-likeness (QED) is 0.553. The van der Waals surface area contributed by atoms with E-state index < -0.39 is 17.7 Å². The number of nitrogens with one attached hydrogen (secondary N) is 1. The first-order chi connectivity index (χ1) is 13.3. The second-order valence-corrected chi connectivity index (χ2v) is 7.93. The maximum Gasteiger partial charge on any atom is 0.325 e. The number of ketones is 1. The number of carbonyl (C=O) groups excluding carboxylic acids is 3. The topological polar surface area (TPSA) is 95.9 Å². The molecule has 7 nitrogen and oxygen atoms in total. The van der Waals surface area contributed by atoms with Gasteiger partial charge in [0.05, 0.1) is 6.54 Å². The number of carbonyl (C=O) groups is 3. The van der Waals surface area contributed by atoms with Crippen molar-refractivity contribution < 1.29 is 24.2 Å². The summed E-state index contributed by atoms with van der Waals surface area (Å²) in [4.78, 5) is 37.8. The van der Waals surface area contributed by atoms with Crippen molar-refractivity contribution in [3.63, 3.8) is 0 Å². The number of benzene rings is 1. The molecule has 0 aromatic heterocycles. The molecular weight excluding hydrogens is 360 g/mol. The molecule has 0 radical (unpaired) electrons. The predicted molar refractivity (Wildman–Crippen MR) is 103 cm³/mol. The number of hydrogen-bond acceptors (Lipinski definition) is 5. The van der Waals surface area contributed by atoms with Gasteiger partial charge in [0.1, 0.15) is 24.0 Å². The molecule has 1 aromatic rings. The van der Waals surface area contributed by atoms with E-state index in [9.17, 15) is 19.5 Å². The summed E-state index contributed by atoms with van der Waals surface area (Å²) in [5.41, 5.74) is -0.377. The number of imide groups is 1. The maximum atomic E-state index is 12.9. The van der Waals surface area contributed by atoms with Gasteiger partial charge in [0, 0.05) is 5.56 Å². The van der Waals surface area contributed by atoms with Crippen LogP contribution in [0.5, 0.6) is 5.75 Å². The van der Waals surface area contributed by atoms with E-state index in [4.69, 9.17) is 4.74 Å². The van der Waals surface area contributed by atoms with Crippen molar-refractivity contribution >= 4 is 17.7 Å². The number of Topliss-reactive ketones (excluding diaryl/α,β-unsaturated/α-hetero) is 1. The van der Waals surface area contributed by atoms with Crippen LogP contribution in [0.2, 0.25) is 0 Å². The average molecular weight is 388 g/mol. The highest BCUT2D eigenvalue weighted by Crippen LogP contribution is 2.36. The Labute approximate surface area is 165 Å². The van der Waals surface area contributed by atoms with Crippen LogP contribution in [0.1, 0.15) is 56.3 Å². The fourth-order valence-electron chi connectivity index (χ4n) is 4.10. The van der Waals surface area contributed by atoms with E-state index in [-0.39, 0.29) is 30.8 Å². The Morgan fingerprint density at radius 3 is 2.71 bits per heavy atom. The summed E-state index contributed by atoms with van der Waals surface area (Å²) in [6.45, 7) is 3.05. The van der Waals surface area contributed by atoms with Crippen LogP contribution in [-0.2, 0) is 4.79 Å². The van der Waals surface area contributed by atoms with Gasteiger partial charge in [0.15, 0.2) is 5.78 Å². The summed E-state index contributed by atoms with van der Waals surface area (Å²) in [5, 5.41) is 13.1. The molecule has 3 amide bonds. The lowest BCUT2D eigenvalue weighted by molar-refractivity contribution is -0.134. The zero-order chi connectivity index (χ0) is 20.3. The molecular formula is C21H28N2O5. The summed E-state index contributed by atoms with van der Waals surface area (Å²) >= 11 is 0. The molecule has 1 saturated carbocycles. The molecule has 2 atom stereocenters. The zero-order valence-electron chi connectivity index (χ0n) is 16.4. The fourth-order valence-corrected chi connectivity index (χ4v) is 4.10. The molecule has 152 valence electrons. The van der Waals surface area contributed by atoms with Crippen LogP contribution >= 0.6 is 0 Å². The second-order valence-electron chi connectivity index (χ2n) is 7.93. The molecule has 2 aliphatic rings. The van der Waals surface area contributed by atoms with Crippen molar-refractivity contribution in [2.75, 3.05) is 13.2 Å². The molecule has 0 bridgehead atoms. The van der Waals surface area contributed by atoms with E-state index in [1.54, 1.807) is 31.2 Å². The van der Waals surface area contributed by atoms with Crippen molar-refractivity contribution in [3.05, 3.63) is 29.8 Å². The highest BCUT2D eigenvalue weighted by Gasteiger charge is 2.52. The van der Waals surface area contributed by atoms with Gasteiger partial charge in [0.25, 0.3) is 5.91 Å². The summed E-state index contributed by atoms with van der Waals surface area (Å²) in [7, 11) is 0. The third-order valence-corrected chi connectivity index (χ3v) is 5.80. The molecule has 1 aliphatic heterocycles. The second kappa shape index (κ2) is 8.31. The van der Waals surface area contributed by atoms with Crippen molar-refractivity contribution in [2.45, 2.75) is 57.6 Å².